The first-order valence-corrected chi connectivity index (χ1v) is 7.60. The predicted molar refractivity (Wildman–Crippen MR) is 84.2 cm³/mol. The van der Waals surface area contributed by atoms with Crippen LogP contribution in [0.1, 0.15) is 25.5 Å². The average Bonchev–Trinajstić information content (AvgIpc) is 3.02. The second-order valence-corrected chi connectivity index (χ2v) is 5.26. The van der Waals surface area contributed by atoms with Crippen LogP contribution in [0.25, 0.3) is 0 Å². The minimum absolute atomic E-state index is 0.0323. The lowest BCUT2D eigenvalue weighted by molar-refractivity contribution is -0.139. The lowest BCUT2D eigenvalue weighted by Gasteiger charge is -2.28. The molecule has 1 aromatic heterocycles. The lowest BCUT2D eigenvalue weighted by Crippen LogP contribution is -2.29. The zero-order valence-electron chi connectivity index (χ0n) is 13.6. The number of ether oxygens (including phenoxy) is 2. The van der Waals surface area contributed by atoms with Gasteiger partial charge in [0, 0.05) is 5.70 Å². The Bertz CT molecular complexity index is 802. The summed E-state index contributed by atoms with van der Waals surface area (Å²) in [6.45, 7) is 0.791. The Labute approximate surface area is 142 Å². The Hall–Kier alpha value is -2.97. The molecule has 0 aliphatic carbocycles. The molecule has 25 heavy (non-hydrogen) atoms. The lowest BCUT2D eigenvalue weighted by atomic mass is 9.96. The van der Waals surface area contributed by atoms with Gasteiger partial charge in [0.05, 0.1) is 12.2 Å². The van der Waals surface area contributed by atoms with Gasteiger partial charge in [0.1, 0.15) is 18.1 Å². The summed E-state index contributed by atoms with van der Waals surface area (Å²) >= 11 is 0. The molecular formula is C16H16F2N4O3. The van der Waals surface area contributed by atoms with E-state index in [1.807, 2.05) is 0 Å². The van der Waals surface area contributed by atoms with E-state index >= 15 is 0 Å². The van der Waals surface area contributed by atoms with Crippen LogP contribution in [0, 0.1) is 0 Å². The van der Waals surface area contributed by atoms with Gasteiger partial charge in [-0.05, 0) is 31.5 Å². The number of fused-ring (bicyclic) bond motifs is 1. The van der Waals surface area contributed by atoms with Crippen molar-refractivity contribution in [2.45, 2.75) is 26.5 Å². The molecule has 1 aliphatic heterocycles. The van der Waals surface area contributed by atoms with E-state index in [0.717, 1.165) is 0 Å². The Morgan fingerprint density at radius 1 is 1.36 bits per heavy atom. The maximum Gasteiger partial charge on any atom is 0.387 e. The number of hydrogen-bond acceptors (Lipinski definition) is 6. The van der Waals surface area contributed by atoms with Crippen LogP contribution >= 0.6 is 0 Å². The Kier molecular flexibility index (Phi) is 4.64. The van der Waals surface area contributed by atoms with Gasteiger partial charge < -0.3 is 14.8 Å². The third-order valence-electron chi connectivity index (χ3n) is 3.71. The van der Waals surface area contributed by atoms with Crippen LogP contribution < -0.4 is 10.1 Å². The maximum absolute atomic E-state index is 12.4. The summed E-state index contributed by atoms with van der Waals surface area (Å²) in [5.41, 5.74) is 1.64. The van der Waals surface area contributed by atoms with Crippen LogP contribution in [-0.2, 0) is 9.53 Å². The van der Waals surface area contributed by atoms with Crippen molar-refractivity contribution in [3.63, 3.8) is 0 Å². The number of nitrogens with zero attached hydrogens (tertiary/aromatic N) is 3. The summed E-state index contributed by atoms with van der Waals surface area (Å²) in [7, 11) is 0. The molecule has 1 aliphatic rings. The molecule has 0 spiro atoms. The van der Waals surface area contributed by atoms with E-state index in [0.29, 0.717) is 22.8 Å². The molecular weight excluding hydrogens is 334 g/mol. The van der Waals surface area contributed by atoms with Crippen LogP contribution in [0.5, 0.6) is 5.75 Å². The molecule has 132 valence electrons. The number of carbonyl (C=O) groups is 1. The van der Waals surface area contributed by atoms with Crippen LogP contribution in [-0.4, -0.2) is 34.0 Å². The van der Waals surface area contributed by atoms with Crippen LogP contribution in [0.2, 0.25) is 0 Å². The van der Waals surface area contributed by atoms with E-state index < -0.39 is 18.6 Å². The molecule has 0 amide bonds. The fourth-order valence-corrected chi connectivity index (χ4v) is 2.70. The molecule has 3 rings (SSSR count). The van der Waals surface area contributed by atoms with E-state index in [2.05, 4.69) is 20.1 Å². The van der Waals surface area contributed by atoms with Gasteiger partial charge in [-0.25, -0.2) is 9.48 Å². The number of carbonyl (C=O) groups excluding carboxylic acids is 1. The van der Waals surface area contributed by atoms with Gasteiger partial charge in [0.2, 0.25) is 5.95 Å². The summed E-state index contributed by atoms with van der Waals surface area (Å²) in [5, 5.41) is 7.17. The van der Waals surface area contributed by atoms with Gasteiger partial charge in [-0.3, -0.25) is 0 Å². The number of anilines is 1. The van der Waals surface area contributed by atoms with Crippen molar-refractivity contribution >= 4 is 11.9 Å². The summed E-state index contributed by atoms with van der Waals surface area (Å²) < 4.78 is 35.7. The number of hydrogen-bond donors (Lipinski definition) is 1. The third kappa shape index (κ3) is 3.30. The molecule has 9 heteroatoms. The molecule has 1 N–H and O–H groups in total. The zero-order chi connectivity index (χ0) is 18.0. The first kappa shape index (κ1) is 16.9. The minimum Gasteiger partial charge on any atom is -0.463 e. The van der Waals surface area contributed by atoms with Crippen molar-refractivity contribution in [2.24, 2.45) is 0 Å². The molecule has 0 fully saturated rings. The predicted octanol–water partition coefficient (Wildman–Crippen LogP) is 2.73. The van der Waals surface area contributed by atoms with E-state index in [1.165, 1.54) is 18.5 Å². The Balaban J connectivity index is 2.02. The number of halogens is 2. The smallest absolute Gasteiger partial charge is 0.387 e. The zero-order valence-corrected chi connectivity index (χ0v) is 13.6. The van der Waals surface area contributed by atoms with Gasteiger partial charge in [0.15, 0.2) is 0 Å². The van der Waals surface area contributed by atoms with Crippen molar-refractivity contribution in [3.8, 4) is 5.75 Å². The topological polar surface area (TPSA) is 78.3 Å². The van der Waals surface area contributed by atoms with E-state index in [9.17, 15) is 13.6 Å². The van der Waals surface area contributed by atoms with Crippen LogP contribution in [0.15, 0.2) is 41.9 Å². The van der Waals surface area contributed by atoms with Gasteiger partial charge in [0.25, 0.3) is 0 Å². The SMILES string of the molecule is CCOC(=O)C1=C(C)Nc2ncnn2[C@@H]1c1ccc(OC(F)F)cc1. The highest BCUT2D eigenvalue weighted by Crippen LogP contribution is 2.35. The van der Waals surface area contributed by atoms with Crippen LogP contribution in [0.3, 0.4) is 0 Å². The highest BCUT2D eigenvalue weighted by Gasteiger charge is 2.34. The molecule has 7 nitrogen and oxygen atoms in total. The molecule has 2 aromatic rings. The molecule has 2 heterocycles. The number of benzene rings is 1. The first-order chi connectivity index (χ1) is 12.0. The molecule has 0 radical (unpaired) electrons. The number of rotatable bonds is 5. The highest BCUT2D eigenvalue weighted by atomic mass is 19.3. The molecule has 0 saturated heterocycles. The van der Waals surface area contributed by atoms with Crippen molar-refractivity contribution in [1.29, 1.82) is 0 Å². The Morgan fingerprint density at radius 2 is 2.08 bits per heavy atom. The molecule has 1 aromatic carbocycles. The number of aromatic nitrogens is 3. The average molecular weight is 350 g/mol. The van der Waals surface area contributed by atoms with Gasteiger partial charge in [-0.15, -0.1) is 0 Å². The van der Waals surface area contributed by atoms with Crippen molar-refractivity contribution in [2.75, 3.05) is 11.9 Å². The van der Waals surface area contributed by atoms with E-state index in [4.69, 9.17) is 4.74 Å². The van der Waals surface area contributed by atoms with Crippen molar-refractivity contribution < 1.29 is 23.0 Å². The molecule has 0 saturated carbocycles. The molecule has 0 unspecified atom stereocenters. The van der Waals surface area contributed by atoms with E-state index in [-0.39, 0.29) is 12.4 Å². The van der Waals surface area contributed by atoms with Crippen LogP contribution in [0.4, 0.5) is 14.7 Å². The fraction of sp³-hybridized carbons (Fsp3) is 0.312. The van der Waals surface area contributed by atoms with Gasteiger partial charge >= 0.3 is 12.6 Å². The number of allylic oxidation sites excluding steroid dienone is 1. The summed E-state index contributed by atoms with van der Waals surface area (Å²) in [6.07, 6.45) is 1.37. The number of esters is 1. The van der Waals surface area contributed by atoms with Crippen molar-refractivity contribution in [1.82, 2.24) is 14.8 Å². The second-order valence-electron chi connectivity index (χ2n) is 5.26. The normalized spacial score (nSPS) is 16.4. The monoisotopic (exact) mass is 350 g/mol. The highest BCUT2D eigenvalue weighted by molar-refractivity contribution is 5.92. The summed E-state index contributed by atoms with van der Waals surface area (Å²) in [6, 6.07) is 5.45. The fourth-order valence-electron chi connectivity index (χ4n) is 2.70. The quantitative estimate of drug-likeness (QED) is 0.836. The maximum atomic E-state index is 12.4. The third-order valence-corrected chi connectivity index (χ3v) is 3.71. The Morgan fingerprint density at radius 3 is 2.72 bits per heavy atom. The largest absolute Gasteiger partial charge is 0.463 e. The second kappa shape index (κ2) is 6.88. The van der Waals surface area contributed by atoms with E-state index in [1.54, 1.807) is 30.7 Å². The van der Waals surface area contributed by atoms with Gasteiger partial charge in [-0.1, -0.05) is 12.1 Å². The standard InChI is InChI=1S/C16H16F2N4O3/c1-3-24-14(23)12-9(2)21-16-19-8-20-22(16)13(12)10-4-6-11(7-5-10)25-15(17)18/h4-8,13,15H,3H2,1-2H3,(H,19,20,21)/t13-/m1/s1. The number of alkyl halides is 2. The summed E-state index contributed by atoms with van der Waals surface area (Å²) in [5.74, 6) is 0.0277. The molecule has 0 bridgehead atoms. The number of nitrogens with one attached hydrogen (secondary N) is 1. The molecule has 1 atom stereocenters. The minimum atomic E-state index is -2.90. The summed E-state index contributed by atoms with van der Waals surface area (Å²) in [4.78, 5) is 16.5. The first-order valence-electron chi connectivity index (χ1n) is 7.60. The van der Waals surface area contributed by atoms with Crippen molar-refractivity contribution in [3.05, 3.63) is 47.4 Å². The van der Waals surface area contributed by atoms with Gasteiger partial charge in [-0.2, -0.15) is 18.9 Å².